The van der Waals surface area contributed by atoms with Gasteiger partial charge in [0.15, 0.2) is 5.82 Å². The highest BCUT2D eigenvalue weighted by Crippen LogP contribution is 2.25. The standard InChI is InChI=1S/C21H18F2N4O2/c22-15-7-4-8-16(23)19(15)25-18-13-17(21(28)27-9-11-29-12-10-27)24-20(26-18)14-5-2-1-3-6-14/h1-8,13H,9-12H2,(H,24,25,26). The minimum atomic E-state index is -0.758. The number of para-hydroxylation sites is 1. The van der Waals surface area contributed by atoms with Gasteiger partial charge in [-0.2, -0.15) is 0 Å². The summed E-state index contributed by atoms with van der Waals surface area (Å²) in [6.45, 7) is 1.81. The molecule has 6 nitrogen and oxygen atoms in total. The molecule has 1 aromatic heterocycles. The van der Waals surface area contributed by atoms with Crippen LogP contribution in [0, 0.1) is 11.6 Å². The fourth-order valence-electron chi connectivity index (χ4n) is 3.01. The summed E-state index contributed by atoms with van der Waals surface area (Å²) >= 11 is 0. The van der Waals surface area contributed by atoms with Crippen molar-refractivity contribution in [3.63, 3.8) is 0 Å². The predicted octanol–water partition coefficient (Wildman–Crippen LogP) is 3.64. The van der Waals surface area contributed by atoms with E-state index in [1.165, 1.54) is 12.1 Å². The van der Waals surface area contributed by atoms with Gasteiger partial charge in [0.2, 0.25) is 0 Å². The number of nitrogens with one attached hydrogen (secondary N) is 1. The number of carbonyl (C=O) groups is 1. The Kier molecular flexibility index (Phi) is 5.44. The lowest BCUT2D eigenvalue weighted by Gasteiger charge is -2.26. The molecule has 148 valence electrons. The van der Waals surface area contributed by atoms with Crippen molar-refractivity contribution in [3.8, 4) is 11.4 Å². The van der Waals surface area contributed by atoms with Gasteiger partial charge in [-0.1, -0.05) is 36.4 Å². The topological polar surface area (TPSA) is 67.4 Å². The van der Waals surface area contributed by atoms with Gasteiger partial charge in [0.1, 0.15) is 28.8 Å². The van der Waals surface area contributed by atoms with E-state index in [-0.39, 0.29) is 28.9 Å². The number of morpholine rings is 1. The third-order valence-electron chi connectivity index (χ3n) is 4.49. The fourth-order valence-corrected chi connectivity index (χ4v) is 3.01. The van der Waals surface area contributed by atoms with Crippen molar-refractivity contribution in [1.29, 1.82) is 0 Å². The van der Waals surface area contributed by atoms with E-state index >= 15 is 0 Å². The fraction of sp³-hybridized carbons (Fsp3) is 0.190. The molecule has 1 aliphatic rings. The second-order valence-corrected chi connectivity index (χ2v) is 6.45. The third kappa shape index (κ3) is 4.22. The molecule has 3 aromatic rings. The molecular weight excluding hydrogens is 378 g/mol. The zero-order valence-corrected chi connectivity index (χ0v) is 15.4. The molecule has 0 aliphatic carbocycles. The van der Waals surface area contributed by atoms with Gasteiger partial charge in [-0.25, -0.2) is 18.7 Å². The maximum Gasteiger partial charge on any atom is 0.272 e. The van der Waals surface area contributed by atoms with E-state index in [1.807, 2.05) is 18.2 Å². The van der Waals surface area contributed by atoms with Crippen molar-refractivity contribution < 1.29 is 18.3 Å². The summed E-state index contributed by atoms with van der Waals surface area (Å²) in [6.07, 6.45) is 0. The molecule has 1 aliphatic heterocycles. The number of hydrogen-bond donors (Lipinski definition) is 1. The molecule has 1 amide bonds. The maximum absolute atomic E-state index is 14.1. The second-order valence-electron chi connectivity index (χ2n) is 6.45. The number of benzene rings is 2. The zero-order valence-electron chi connectivity index (χ0n) is 15.4. The zero-order chi connectivity index (χ0) is 20.2. The number of nitrogens with zero attached hydrogens (tertiary/aromatic N) is 3. The molecule has 8 heteroatoms. The molecule has 1 saturated heterocycles. The van der Waals surface area contributed by atoms with Crippen LogP contribution in [0.3, 0.4) is 0 Å². The van der Waals surface area contributed by atoms with Crippen LogP contribution in [0.5, 0.6) is 0 Å². The number of hydrogen-bond acceptors (Lipinski definition) is 5. The van der Waals surface area contributed by atoms with Crippen LogP contribution in [0.25, 0.3) is 11.4 Å². The Balaban J connectivity index is 1.75. The molecule has 4 rings (SSSR count). The Morgan fingerprint density at radius 2 is 1.66 bits per heavy atom. The Morgan fingerprint density at radius 1 is 0.966 bits per heavy atom. The van der Waals surface area contributed by atoms with Crippen molar-refractivity contribution in [2.45, 2.75) is 0 Å². The maximum atomic E-state index is 14.1. The summed E-state index contributed by atoms with van der Waals surface area (Å²) in [5, 5.41) is 2.65. The monoisotopic (exact) mass is 396 g/mol. The summed E-state index contributed by atoms with van der Waals surface area (Å²) in [5.74, 6) is -1.40. The number of carbonyl (C=O) groups excluding carboxylic acids is 1. The average molecular weight is 396 g/mol. The van der Waals surface area contributed by atoms with Crippen LogP contribution in [-0.4, -0.2) is 47.1 Å². The van der Waals surface area contributed by atoms with E-state index < -0.39 is 11.6 Å². The van der Waals surface area contributed by atoms with Crippen LogP contribution < -0.4 is 5.32 Å². The number of ether oxygens (including phenoxy) is 1. The van der Waals surface area contributed by atoms with Crippen LogP contribution in [0.15, 0.2) is 54.6 Å². The predicted molar refractivity (Wildman–Crippen MR) is 104 cm³/mol. The van der Waals surface area contributed by atoms with E-state index in [9.17, 15) is 13.6 Å². The first-order valence-corrected chi connectivity index (χ1v) is 9.14. The molecule has 2 aromatic carbocycles. The van der Waals surface area contributed by atoms with Gasteiger partial charge >= 0.3 is 0 Å². The summed E-state index contributed by atoms with van der Waals surface area (Å²) in [5.41, 5.74) is 0.483. The lowest BCUT2D eigenvalue weighted by Crippen LogP contribution is -2.41. The van der Waals surface area contributed by atoms with E-state index in [0.29, 0.717) is 31.9 Å². The summed E-state index contributed by atoms with van der Waals surface area (Å²) in [7, 11) is 0. The van der Waals surface area contributed by atoms with E-state index in [2.05, 4.69) is 15.3 Å². The molecular formula is C21H18F2N4O2. The Labute approximate surface area is 166 Å². The number of rotatable bonds is 4. The molecule has 29 heavy (non-hydrogen) atoms. The lowest BCUT2D eigenvalue weighted by molar-refractivity contribution is 0.0299. The quantitative estimate of drug-likeness (QED) is 0.729. The Hall–Kier alpha value is -3.39. The molecule has 0 saturated carbocycles. The van der Waals surface area contributed by atoms with Gasteiger partial charge in [0, 0.05) is 24.7 Å². The van der Waals surface area contributed by atoms with Crippen LogP contribution in [0.4, 0.5) is 20.3 Å². The third-order valence-corrected chi connectivity index (χ3v) is 4.49. The number of aromatic nitrogens is 2. The molecule has 1 N–H and O–H groups in total. The molecule has 0 spiro atoms. The first-order valence-electron chi connectivity index (χ1n) is 9.14. The first kappa shape index (κ1) is 18.9. The first-order chi connectivity index (χ1) is 14.1. The summed E-state index contributed by atoms with van der Waals surface area (Å²) < 4.78 is 33.4. The largest absolute Gasteiger partial charge is 0.378 e. The van der Waals surface area contributed by atoms with Crippen molar-refractivity contribution in [2.75, 3.05) is 31.6 Å². The van der Waals surface area contributed by atoms with Gasteiger partial charge in [0.05, 0.1) is 13.2 Å². The normalized spacial score (nSPS) is 13.9. The molecule has 1 fully saturated rings. The van der Waals surface area contributed by atoms with Gasteiger partial charge in [-0.3, -0.25) is 4.79 Å². The Morgan fingerprint density at radius 3 is 2.34 bits per heavy atom. The van der Waals surface area contributed by atoms with Crippen LogP contribution in [0.1, 0.15) is 10.5 Å². The van der Waals surface area contributed by atoms with Gasteiger partial charge in [0.25, 0.3) is 5.91 Å². The highest BCUT2D eigenvalue weighted by atomic mass is 19.1. The Bertz CT molecular complexity index is 1000. The smallest absolute Gasteiger partial charge is 0.272 e. The van der Waals surface area contributed by atoms with Crippen LogP contribution >= 0.6 is 0 Å². The van der Waals surface area contributed by atoms with E-state index in [1.54, 1.807) is 17.0 Å². The molecule has 2 heterocycles. The van der Waals surface area contributed by atoms with E-state index in [4.69, 9.17) is 4.74 Å². The van der Waals surface area contributed by atoms with Gasteiger partial charge < -0.3 is 15.0 Å². The average Bonchev–Trinajstić information content (AvgIpc) is 2.77. The lowest BCUT2D eigenvalue weighted by atomic mass is 10.2. The number of amides is 1. The van der Waals surface area contributed by atoms with Crippen LogP contribution in [0.2, 0.25) is 0 Å². The SMILES string of the molecule is O=C(c1cc(Nc2c(F)cccc2F)nc(-c2ccccc2)n1)N1CCOCC1. The molecule has 0 atom stereocenters. The number of anilines is 2. The van der Waals surface area contributed by atoms with Crippen molar-refractivity contribution >= 4 is 17.4 Å². The minimum Gasteiger partial charge on any atom is -0.378 e. The minimum absolute atomic E-state index is 0.125. The molecule has 0 radical (unpaired) electrons. The molecule has 0 unspecified atom stereocenters. The highest BCUT2D eigenvalue weighted by molar-refractivity contribution is 5.93. The van der Waals surface area contributed by atoms with Crippen LogP contribution in [-0.2, 0) is 4.74 Å². The van der Waals surface area contributed by atoms with E-state index in [0.717, 1.165) is 12.1 Å². The van der Waals surface area contributed by atoms with Crippen molar-refractivity contribution in [3.05, 3.63) is 71.9 Å². The van der Waals surface area contributed by atoms with Crippen molar-refractivity contribution in [2.24, 2.45) is 0 Å². The molecule has 0 bridgehead atoms. The second kappa shape index (κ2) is 8.32. The van der Waals surface area contributed by atoms with Crippen molar-refractivity contribution in [1.82, 2.24) is 14.9 Å². The number of halogens is 2. The van der Waals surface area contributed by atoms with Gasteiger partial charge in [-0.15, -0.1) is 0 Å². The summed E-state index contributed by atoms with van der Waals surface area (Å²) in [6, 6.07) is 14.0. The summed E-state index contributed by atoms with van der Waals surface area (Å²) in [4.78, 5) is 23.3. The van der Waals surface area contributed by atoms with Gasteiger partial charge in [-0.05, 0) is 12.1 Å². The highest BCUT2D eigenvalue weighted by Gasteiger charge is 2.22.